The number of halogens is 3. The van der Waals surface area contributed by atoms with E-state index in [1.165, 1.54) is 54.6 Å². The molecule has 0 unspecified atom stereocenters. The predicted octanol–water partition coefficient (Wildman–Crippen LogP) is 5.51. The van der Waals surface area contributed by atoms with Crippen LogP contribution in [0.3, 0.4) is 0 Å². The van der Waals surface area contributed by atoms with Gasteiger partial charge in [-0.25, -0.2) is 13.2 Å². The van der Waals surface area contributed by atoms with Gasteiger partial charge in [0.15, 0.2) is 0 Å². The van der Waals surface area contributed by atoms with Gasteiger partial charge in [-0.2, -0.15) is 0 Å². The topological polar surface area (TPSA) is 113 Å². The molecule has 0 aliphatic rings. The molecule has 0 aliphatic carbocycles. The molecule has 3 N–H and O–H groups in total. The zero-order valence-electron chi connectivity index (χ0n) is 15.4. The monoisotopic (exact) mass is 542 g/mol. The molecule has 0 aromatic heterocycles. The van der Waals surface area contributed by atoms with Gasteiger partial charge < -0.3 is 10.4 Å². The Hall–Kier alpha value is -2.59. The Labute approximate surface area is 196 Å². The molecule has 0 saturated heterocycles. The molecule has 3 aromatic rings. The predicted molar refractivity (Wildman–Crippen MR) is 123 cm³/mol. The molecule has 0 aliphatic heterocycles. The third-order valence-electron chi connectivity index (χ3n) is 4.06. The number of hydrogen-bond donors (Lipinski definition) is 3. The molecular formula is C20H13BrCl2N2O5S. The van der Waals surface area contributed by atoms with Crippen molar-refractivity contribution in [1.29, 1.82) is 0 Å². The molecule has 0 saturated carbocycles. The van der Waals surface area contributed by atoms with Crippen molar-refractivity contribution in [2.45, 2.75) is 4.90 Å². The van der Waals surface area contributed by atoms with E-state index in [-0.39, 0.29) is 37.4 Å². The van der Waals surface area contributed by atoms with E-state index >= 15 is 0 Å². The maximum absolute atomic E-state index is 12.5. The lowest BCUT2D eigenvalue weighted by Gasteiger charge is -2.11. The second kappa shape index (κ2) is 9.27. The van der Waals surface area contributed by atoms with Crippen molar-refractivity contribution < 1.29 is 23.1 Å². The maximum atomic E-state index is 12.5. The molecule has 0 bridgehead atoms. The summed E-state index contributed by atoms with van der Waals surface area (Å²) in [7, 11) is -3.92. The van der Waals surface area contributed by atoms with E-state index < -0.39 is 21.9 Å². The number of rotatable bonds is 6. The fourth-order valence-corrected chi connectivity index (χ4v) is 4.35. The van der Waals surface area contributed by atoms with Crippen molar-refractivity contribution in [3.05, 3.63) is 86.3 Å². The molecule has 31 heavy (non-hydrogen) atoms. The quantitative estimate of drug-likeness (QED) is 0.379. The number of carboxylic acids is 1. The molecule has 0 spiro atoms. The summed E-state index contributed by atoms with van der Waals surface area (Å²) in [5, 5.41) is 12.2. The molecule has 3 aromatic carbocycles. The third-order valence-corrected chi connectivity index (χ3v) is 6.67. The number of anilines is 2. The third kappa shape index (κ3) is 5.56. The Morgan fingerprint density at radius 2 is 1.58 bits per heavy atom. The molecule has 0 heterocycles. The van der Waals surface area contributed by atoms with Crippen molar-refractivity contribution >= 4 is 72.4 Å². The first-order chi connectivity index (χ1) is 14.6. The van der Waals surface area contributed by atoms with Crippen LogP contribution in [0.2, 0.25) is 10.0 Å². The Bertz CT molecular complexity index is 1280. The van der Waals surface area contributed by atoms with E-state index in [4.69, 9.17) is 23.2 Å². The first kappa shape index (κ1) is 23.1. The number of hydrogen-bond acceptors (Lipinski definition) is 4. The van der Waals surface area contributed by atoms with Gasteiger partial charge in [0.25, 0.3) is 15.9 Å². The summed E-state index contributed by atoms with van der Waals surface area (Å²) >= 11 is 14.9. The lowest BCUT2D eigenvalue weighted by molar-refractivity contribution is 0.0698. The van der Waals surface area contributed by atoms with Crippen LogP contribution >= 0.6 is 39.1 Å². The average molecular weight is 544 g/mol. The Kier molecular flexibility index (Phi) is 6.90. The van der Waals surface area contributed by atoms with Crippen LogP contribution in [-0.4, -0.2) is 25.4 Å². The van der Waals surface area contributed by atoms with Crippen LogP contribution in [0.25, 0.3) is 0 Å². The van der Waals surface area contributed by atoms with Crippen LogP contribution in [0, 0.1) is 0 Å². The Morgan fingerprint density at radius 3 is 2.19 bits per heavy atom. The summed E-state index contributed by atoms with van der Waals surface area (Å²) in [5.74, 6) is -1.74. The van der Waals surface area contributed by atoms with E-state index in [1.54, 1.807) is 6.07 Å². The van der Waals surface area contributed by atoms with Crippen LogP contribution < -0.4 is 10.0 Å². The van der Waals surface area contributed by atoms with Gasteiger partial charge in [0.1, 0.15) is 0 Å². The number of carboxylic acid groups (broad SMARTS) is 1. The highest BCUT2D eigenvalue weighted by molar-refractivity contribution is 9.10. The van der Waals surface area contributed by atoms with E-state index in [0.29, 0.717) is 4.47 Å². The highest BCUT2D eigenvalue weighted by Gasteiger charge is 2.17. The number of carbonyl (C=O) groups is 2. The molecule has 0 atom stereocenters. The van der Waals surface area contributed by atoms with Gasteiger partial charge in [-0.1, -0.05) is 39.1 Å². The Balaban J connectivity index is 1.76. The second-order valence-corrected chi connectivity index (χ2v) is 9.62. The molecule has 11 heteroatoms. The van der Waals surface area contributed by atoms with Gasteiger partial charge in [0.05, 0.1) is 26.2 Å². The highest BCUT2D eigenvalue weighted by atomic mass is 79.9. The van der Waals surface area contributed by atoms with Gasteiger partial charge >= 0.3 is 5.97 Å². The van der Waals surface area contributed by atoms with Crippen molar-refractivity contribution in [2.24, 2.45) is 0 Å². The summed E-state index contributed by atoms with van der Waals surface area (Å²) in [4.78, 5) is 23.8. The number of carbonyl (C=O) groups excluding carboxylic acids is 1. The molecule has 0 fully saturated rings. The first-order valence-corrected chi connectivity index (χ1v) is 11.5. The van der Waals surface area contributed by atoms with Gasteiger partial charge in [-0.15, -0.1) is 0 Å². The second-order valence-electron chi connectivity index (χ2n) is 6.21. The molecule has 160 valence electrons. The summed E-state index contributed by atoms with van der Waals surface area (Å²) in [5.41, 5.74) is 0.480. The molecule has 3 rings (SSSR count). The summed E-state index contributed by atoms with van der Waals surface area (Å²) in [6, 6.07) is 14.0. The van der Waals surface area contributed by atoms with Crippen LogP contribution in [0.15, 0.2) is 70.0 Å². The van der Waals surface area contributed by atoms with Crippen molar-refractivity contribution in [2.75, 3.05) is 10.0 Å². The van der Waals surface area contributed by atoms with Gasteiger partial charge in [0, 0.05) is 15.7 Å². The van der Waals surface area contributed by atoms with Gasteiger partial charge in [-0.3, -0.25) is 9.52 Å². The molecular weight excluding hydrogens is 531 g/mol. The minimum absolute atomic E-state index is 0.0693. The molecule has 7 nitrogen and oxygen atoms in total. The van der Waals surface area contributed by atoms with Crippen LogP contribution in [0.5, 0.6) is 0 Å². The minimum Gasteiger partial charge on any atom is -0.478 e. The van der Waals surface area contributed by atoms with Crippen molar-refractivity contribution in [3.63, 3.8) is 0 Å². The standard InChI is InChI=1S/C20H13BrCl2N2O5S/c21-12-3-8-18(15(9-12)20(27)28)24-19(26)11-1-4-13(5-2-11)25-31(29,30)14-6-7-16(22)17(23)10-14/h1-10,25H,(H,24,26)(H,27,28). The lowest BCUT2D eigenvalue weighted by atomic mass is 10.1. The fraction of sp³-hybridized carbons (Fsp3) is 0. The fourth-order valence-electron chi connectivity index (χ4n) is 2.54. The maximum Gasteiger partial charge on any atom is 0.337 e. The van der Waals surface area contributed by atoms with Crippen LogP contribution in [0.4, 0.5) is 11.4 Å². The SMILES string of the molecule is O=C(Nc1ccc(Br)cc1C(=O)O)c1ccc(NS(=O)(=O)c2ccc(Cl)c(Cl)c2)cc1. The average Bonchev–Trinajstić information content (AvgIpc) is 2.71. The minimum atomic E-state index is -3.92. The van der Waals surface area contributed by atoms with Crippen LogP contribution in [0.1, 0.15) is 20.7 Å². The normalized spacial score (nSPS) is 11.1. The van der Waals surface area contributed by atoms with Gasteiger partial charge in [0.2, 0.25) is 0 Å². The number of aromatic carboxylic acids is 1. The zero-order valence-corrected chi connectivity index (χ0v) is 19.3. The molecule has 1 amide bonds. The van der Waals surface area contributed by atoms with E-state index in [2.05, 4.69) is 26.0 Å². The largest absolute Gasteiger partial charge is 0.478 e. The summed E-state index contributed by atoms with van der Waals surface area (Å²) in [6.07, 6.45) is 0. The van der Waals surface area contributed by atoms with E-state index in [0.717, 1.165) is 0 Å². The Morgan fingerprint density at radius 1 is 0.903 bits per heavy atom. The molecule has 0 radical (unpaired) electrons. The van der Waals surface area contributed by atoms with Crippen molar-refractivity contribution in [3.8, 4) is 0 Å². The zero-order chi connectivity index (χ0) is 22.8. The number of sulfonamides is 1. The van der Waals surface area contributed by atoms with E-state index in [9.17, 15) is 23.1 Å². The van der Waals surface area contributed by atoms with E-state index in [1.807, 2.05) is 0 Å². The van der Waals surface area contributed by atoms with Crippen LogP contribution in [-0.2, 0) is 10.0 Å². The summed E-state index contributed by atoms with van der Waals surface area (Å²) in [6.45, 7) is 0. The number of benzene rings is 3. The van der Waals surface area contributed by atoms with Crippen molar-refractivity contribution in [1.82, 2.24) is 0 Å². The number of amides is 1. The number of nitrogens with one attached hydrogen (secondary N) is 2. The van der Waals surface area contributed by atoms with Gasteiger partial charge in [-0.05, 0) is 60.7 Å². The highest BCUT2D eigenvalue weighted by Crippen LogP contribution is 2.26. The lowest BCUT2D eigenvalue weighted by Crippen LogP contribution is -2.15. The first-order valence-electron chi connectivity index (χ1n) is 8.49. The summed E-state index contributed by atoms with van der Waals surface area (Å²) < 4.78 is 27.9. The smallest absolute Gasteiger partial charge is 0.337 e.